The fourth-order valence-corrected chi connectivity index (χ4v) is 3.57. The van der Waals surface area contributed by atoms with E-state index in [-0.39, 0.29) is 17.2 Å². The predicted octanol–water partition coefficient (Wildman–Crippen LogP) is 7.48. The van der Waals surface area contributed by atoms with Gasteiger partial charge in [-0.2, -0.15) is 0 Å². The van der Waals surface area contributed by atoms with Gasteiger partial charge in [-0.25, -0.2) is 4.39 Å². The van der Waals surface area contributed by atoms with Crippen LogP contribution in [0.5, 0.6) is 5.75 Å². The smallest absolute Gasteiger partial charge is 0.251 e. The summed E-state index contributed by atoms with van der Waals surface area (Å²) in [6, 6.07) is 16.1. The third kappa shape index (κ3) is 6.13. The van der Waals surface area contributed by atoms with Gasteiger partial charge in [-0.1, -0.05) is 53.0 Å². The topological polar surface area (TPSA) is 38.3 Å². The zero-order valence-electron chi connectivity index (χ0n) is 17.2. The average molecular weight is 481 g/mol. The molecular formula is C24H21Cl3FNO2. The number of hydrogen-bond donors (Lipinski definition) is 1. The number of rotatable bonds is 5. The van der Waals surface area contributed by atoms with Crippen molar-refractivity contribution in [3.05, 3.63) is 98.2 Å². The van der Waals surface area contributed by atoms with Gasteiger partial charge < -0.3 is 10.1 Å². The first-order valence-corrected chi connectivity index (χ1v) is 10.7. The molecular weight excluding hydrogens is 460 g/mol. The van der Waals surface area contributed by atoms with Crippen molar-refractivity contribution in [2.45, 2.75) is 32.4 Å². The largest absolute Gasteiger partial charge is 0.478 e. The Kier molecular flexibility index (Phi) is 7.15. The molecule has 0 aliphatic heterocycles. The highest BCUT2D eigenvalue weighted by atomic mass is 35.5. The van der Waals surface area contributed by atoms with E-state index in [9.17, 15) is 9.18 Å². The summed E-state index contributed by atoms with van der Waals surface area (Å²) in [6.07, 6.45) is -0.717. The van der Waals surface area contributed by atoms with Gasteiger partial charge in [0.05, 0.1) is 0 Å². The molecule has 1 amide bonds. The number of benzene rings is 3. The molecule has 0 aliphatic rings. The lowest BCUT2D eigenvalue weighted by atomic mass is 10.0. The van der Waals surface area contributed by atoms with Crippen LogP contribution in [0, 0.1) is 5.82 Å². The van der Waals surface area contributed by atoms with Crippen LogP contribution >= 0.6 is 34.8 Å². The van der Waals surface area contributed by atoms with Gasteiger partial charge in [0, 0.05) is 31.7 Å². The lowest BCUT2D eigenvalue weighted by molar-refractivity contribution is 0.0919. The molecule has 7 heteroatoms. The first-order chi connectivity index (χ1) is 14.5. The van der Waals surface area contributed by atoms with Crippen molar-refractivity contribution in [1.29, 1.82) is 0 Å². The van der Waals surface area contributed by atoms with Crippen LogP contribution in [-0.2, 0) is 0 Å². The van der Waals surface area contributed by atoms with Crippen LogP contribution < -0.4 is 10.1 Å². The summed E-state index contributed by atoms with van der Waals surface area (Å²) in [5.74, 6) is -1.04. The quantitative estimate of drug-likeness (QED) is 0.411. The van der Waals surface area contributed by atoms with Gasteiger partial charge in [-0.15, -0.1) is 0 Å². The average Bonchev–Trinajstić information content (AvgIpc) is 2.67. The molecule has 3 rings (SSSR count). The summed E-state index contributed by atoms with van der Waals surface area (Å²) in [5.41, 5.74) is 1.10. The van der Waals surface area contributed by atoms with E-state index < -0.39 is 17.5 Å². The van der Waals surface area contributed by atoms with Crippen LogP contribution in [0.1, 0.15) is 48.4 Å². The lowest BCUT2D eigenvalue weighted by Gasteiger charge is -2.23. The van der Waals surface area contributed by atoms with Crippen LogP contribution in [0.2, 0.25) is 15.1 Å². The van der Waals surface area contributed by atoms with Crippen molar-refractivity contribution in [2.75, 3.05) is 0 Å². The summed E-state index contributed by atoms with van der Waals surface area (Å²) in [4.78, 5) is 12.3. The standard InChI is InChI=1S/C24H21Cl3FNO2/c1-24(2,3)29-23(30)15-6-11-21(20(28)12-15)31-22(14-4-7-16(25)8-5-14)18-10-9-17(26)13-19(18)27/h4-13,22H,1-3H3,(H,29,30). The van der Waals surface area contributed by atoms with E-state index in [1.807, 2.05) is 20.8 Å². The first kappa shape index (κ1) is 23.4. The van der Waals surface area contributed by atoms with E-state index in [4.69, 9.17) is 39.5 Å². The minimum Gasteiger partial charge on any atom is -0.478 e. The monoisotopic (exact) mass is 479 g/mol. The Hall–Kier alpha value is -2.27. The molecule has 0 spiro atoms. The number of carbonyl (C=O) groups excluding carboxylic acids is 1. The van der Waals surface area contributed by atoms with Crippen molar-refractivity contribution < 1.29 is 13.9 Å². The molecule has 0 aliphatic carbocycles. The minimum absolute atomic E-state index is 0.0155. The van der Waals surface area contributed by atoms with E-state index in [2.05, 4.69) is 5.32 Å². The maximum absolute atomic E-state index is 14.9. The van der Waals surface area contributed by atoms with Gasteiger partial charge in [0.15, 0.2) is 17.7 Å². The Bertz CT molecular complexity index is 1090. The highest BCUT2D eigenvalue weighted by Crippen LogP contribution is 2.35. The van der Waals surface area contributed by atoms with Gasteiger partial charge >= 0.3 is 0 Å². The number of nitrogens with one attached hydrogen (secondary N) is 1. The van der Waals surface area contributed by atoms with Gasteiger partial charge in [0.2, 0.25) is 0 Å². The molecule has 0 bridgehead atoms. The lowest BCUT2D eigenvalue weighted by Crippen LogP contribution is -2.40. The van der Waals surface area contributed by atoms with E-state index in [1.165, 1.54) is 12.1 Å². The normalized spacial score (nSPS) is 12.4. The fourth-order valence-electron chi connectivity index (χ4n) is 2.94. The second kappa shape index (κ2) is 9.47. The van der Waals surface area contributed by atoms with Crippen molar-refractivity contribution >= 4 is 40.7 Å². The molecule has 1 atom stereocenters. The summed E-state index contributed by atoms with van der Waals surface area (Å²) < 4.78 is 20.9. The first-order valence-electron chi connectivity index (χ1n) is 9.52. The van der Waals surface area contributed by atoms with Crippen LogP contribution in [0.4, 0.5) is 4.39 Å². The zero-order chi connectivity index (χ0) is 22.8. The molecule has 0 aromatic heterocycles. The molecule has 1 unspecified atom stereocenters. The van der Waals surface area contributed by atoms with E-state index in [0.29, 0.717) is 20.6 Å². The molecule has 3 aromatic carbocycles. The number of ether oxygens (including phenoxy) is 1. The SMILES string of the molecule is CC(C)(C)NC(=O)c1ccc(OC(c2ccc(Cl)cc2)c2ccc(Cl)cc2Cl)c(F)c1. The number of halogens is 4. The Morgan fingerprint density at radius 1 is 0.935 bits per heavy atom. The fraction of sp³-hybridized carbons (Fsp3) is 0.208. The number of hydrogen-bond acceptors (Lipinski definition) is 2. The molecule has 0 heterocycles. The Balaban J connectivity index is 1.96. The van der Waals surface area contributed by atoms with Gasteiger partial charge in [-0.05, 0) is 68.8 Å². The maximum Gasteiger partial charge on any atom is 0.251 e. The second-order valence-electron chi connectivity index (χ2n) is 8.06. The molecule has 0 radical (unpaired) electrons. The highest BCUT2D eigenvalue weighted by molar-refractivity contribution is 6.35. The highest BCUT2D eigenvalue weighted by Gasteiger charge is 2.22. The summed E-state index contributed by atoms with van der Waals surface area (Å²) in [7, 11) is 0. The Morgan fingerprint density at radius 3 is 2.16 bits per heavy atom. The zero-order valence-corrected chi connectivity index (χ0v) is 19.4. The van der Waals surface area contributed by atoms with Crippen molar-refractivity contribution in [3.8, 4) is 5.75 Å². The van der Waals surface area contributed by atoms with E-state index >= 15 is 0 Å². The number of amides is 1. The molecule has 162 valence electrons. The molecule has 1 N–H and O–H groups in total. The summed E-state index contributed by atoms with van der Waals surface area (Å²) in [5, 5.41) is 4.22. The molecule has 3 aromatic rings. The third-order valence-corrected chi connectivity index (χ3v) is 5.16. The molecule has 3 nitrogen and oxygen atoms in total. The maximum atomic E-state index is 14.9. The van der Waals surface area contributed by atoms with Crippen molar-refractivity contribution in [2.24, 2.45) is 0 Å². The van der Waals surface area contributed by atoms with Gasteiger partial charge in [0.1, 0.15) is 0 Å². The molecule has 31 heavy (non-hydrogen) atoms. The van der Waals surface area contributed by atoms with E-state index in [1.54, 1.807) is 42.5 Å². The summed E-state index contributed by atoms with van der Waals surface area (Å²) in [6.45, 7) is 5.56. The third-order valence-electron chi connectivity index (χ3n) is 4.35. The van der Waals surface area contributed by atoms with E-state index in [0.717, 1.165) is 11.6 Å². The Labute approximate surface area is 196 Å². The predicted molar refractivity (Wildman–Crippen MR) is 124 cm³/mol. The molecule has 0 saturated heterocycles. The summed E-state index contributed by atoms with van der Waals surface area (Å²) >= 11 is 18.4. The Morgan fingerprint density at radius 2 is 1.58 bits per heavy atom. The van der Waals surface area contributed by atoms with Crippen molar-refractivity contribution in [1.82, 2.24) is 5.32 Å². The minimum atomic E-state index is -0.717. The van der Waals surface area contributed by atoms with Crippen molar-refractivity contribution in [3.63, 3.8) is 0 Å². The van der Waals surface area contributed by atoms with Crippen LogP contribution in [0.25, 0.3) is 0 Å². The number of carbonyl (C=O) groups is 1. The van der Waals surface area contributed by atoms with Crippen LogP contribution in [0.15, 0.2) is 60.7 Å². The van der Waals surface area contributed by atoms with Crippen LogP contribution in [0.3, 0.4) is 0 Å². The van der Waals surface area contributed by atoms with Crippen LogP contribution in [-0.4, -0.2) is 11.4 Å². The van der Waals surface area contributed by atoms with Gasteiger partial charge in [0.25, 0.3) is 5.91 Å². The molecule has 0 saturated carbocycles. The van der Waals surface area contributed by atoms with Gasteiger partial charge in [-0.3, -0.25) is 4.79 Å². The second-order valence-corrected chi connectivity index (χ2v) is 9.34. The molecule has 0 fully saturated rings.